The number of aromatic amines is 1. The molecule has 4 heteroatoms. The largest absolute Gasteiger partial charge is 0.355 e. The highest BCUT2D eigenvalue weighted by Crippen LogP contribution is 2.19. The van der Waals surface area contributed by atoms with Gasteiger partial charge in [0.1, 0.15) is 6.04 Å². The molecule has 21 heavy (non-hydrogen) atoms. The van der Waals surface area contributed by atoms with Gasteiger partial charge in [-0.05, 0) is 52.0 Å². The van der Waals surface area contributed by atoms with Crippen molar-refractivity contribution in [2.45, 2.75) is 53.5 Å². The second kappa shape index (κ2) is 6.14. The van der Waals surface area contributed by atoms with E-state index in [9.17, 15) is 9.59 Å². The predicted molar refractivity (Wildman–Crippen MR) is 83.2 cm³/mol. The molecule has 1 saturated heterocycles. The molecule has 0 radical (unpaired) electrons. The summed E-state index contributed by atoms with van der Waals surface area (Å²) in [5, 5.41) is 0. The van der Waals surface area contributed by atoms with Crippen molar-refractivity contribution < 1.29 is 14.5 Å². The highest BCUT2D eigenvalue weighted by atomic mass is 16.1. The summed E-state index contributed by atoms with van der Waals surface area (Å²) in [6.07, 6.45) is 2.38. The van der Waals surface area contributed by atoms with E-state index < -0.39 is 0 Å². The molecular formula is C17H27N2O2+. The van der Waals surface area contributed by atoms with Crippen LogP contribution in [-0.2, 0) is 0 Å². The number of ketones is 2. The van der Waals surface area contributed by atoms with Gasteiger partial charge in [0.2, 0.25) is 5.78 Å². The topological polar surface area (TPSA) is 54.4 Å². The van der Waals surface area contributed by atoms with Crippen molar-refractivity contribution in [2.24, 2.45) is 5.92 Å². The van der Waals surface area contributed by atoms with Crippen LogP contribution in [0.15, 0.2) is 0 Å². The molecule has 0 aliphatic carbocycles. The van der Waals surface area contributed by atoms with Gasteiger partial charge in [-0.3, -0.25) is 9.59 Å². The molecule has 2 rings (SSSR count). The Morgan fingerprint density at radius 3 is 2.29 bits per heavy atom. The van der Waals surface area contributed by atoms with E-state index in [1.165, 1.54) is 17.7 Å². The number of hydrogen-bond donors (Lipinski definition) is 2. The fourth-order valence-electron chi connectivity index (χ4n) is 3.49. The summed E-state index contributed by atoms with van der Waals surface area (Å²) >= 11 is 0. The lowest BCUT2D eigenvalue weighted by molar-refractivity contribution is -0.919. The molecule has 1 atom stereocenters. The van der Waals surface area contributed by atoms with Crippen molar-refractivity contribution >= 4 is 11.6 Å². The van der Waals surface area contributed by atoms with Gasteiger partial charge in [0.15, 0.2) is 5.78 Å². The first-order chi connectivity index (χ1) is 9.82. The van der Waals surface area contributed by atoms with E-state index in [2.05, 4.69) is 11.9 Å². The minimum absolute atomic E-state index is 0.0205. The molecule has 1 fully saturated rings. The number of likely N-dealkylation sites (tertiary alicyclic amines) is 1. The van der Waals surface area contributed by atoms with Crippen LogP contribution < -0.4 is 4.90 Å². The fourth-order valence-corrected chi connectivity index (χ4v) is 3.49. The third-order valence-corrected chi connectivity index (χ3v) is 4.96. The summed E-state index contributed by atoms with van der Waals surface area (Å²) in [4.78, 5) is 29.0. The average molecular weight is 291 g/mol. The number of rotatable bonds is 4. The van der Waals surface area contributed by atoms with Gasteiger partial charge in [-0.1, -0.05) is 6.92 Å². The zero-order valence-corrected chi connectivity index (χ0v) is 13.8. The molecule has 1 aromatic rings. The quantitative estimate of drug-likeness (QED) is 0.830. The first-order valence-corrected chi connectivity index (χ1v) is 7.91. The third-order valence-electron chi connectivity index (χ3n) is 4.96. The zero-order valence-electron chi connectivity index (χ0n) is 13.8. The van der Waals surface area contributed by atoms with Crippen molar-refractivity contribution in [2.75, 3.05) is 13.1 Å². The van der Waals surface area contributed by atoms with Crippen molar-refractivity contribution in [3.05, 3.63) is 22.5 Å². The van der Waals surface area contributed by atoms with Crippen LogP contribution >= 0.6 is 0 Å². The van der Waals surface area contributed by atoms with Crippen molar-refractivity contribution in [3.8, 4) is 0 Å². The molecule has 0 saturated carbocycles. The number of carbonyl (C=O) groups is 2. The van der Waals surface area contributed by atoms with Gasteiger partial charge >= 0.3 is 0 Å². The lowest BCUT2D eigenvalue weighted by atomic mass is 9.96. The molecule has 1 aliphatic heterocycles. The molecule has 2 heterocycles. The Hall–Kier alpha value is -1.42. The number of carbonyl (C=O) groups excluding carboxylic acids is 2. The molecule has 0 unspecified atom stereocenters. The first kappa shape index (κ1) is 16.0. The van der Waals surface area contributed by atoms with Gasteiger partial charge in [-0.25, -0.2) is 0 Å². The van der Waals surface area contributed by atoms with E-state index in [4.69, 9.17) is 0 Å². The second-order valence-electron chi connectivity index (χ2n) is 6.61. The molecule has 0 aromatic carbocycles. The first-order valence-electron chi connectivity index (χ1n) is 7.91. The molecule has 1 aliphatic rings. The fraction of sp³-hybridized carbons (Fsp3) is 0.647. The lowest BCUT2D eigenvalue weighted by Crippen LogP contribution is -3.17. The van der Waals surface area contributed by atoms with Gasteiger partial charge in [-0.2, -0.15) is 0 Å². The molecule has 4 nitrogen and oxygen atoms in total. The Labute approximate surface area is 126 Å². The van der Waals surface area contributed by atoms with Crippen molar-refractivity contribution in [3.63, 3.8) is 0 Å². The Bertz CT molecular complexity index is 551. The van der Waals surface area contributed by atoms with Crippen LogP contribution in [0.25, 0.3) is 0 Å². The van der Waals surface area contributed by atoms with Crippen LogP contribution in [0.1, 0.15) is 65.7 Å². The second-order valence-corrected chi connectivity index (χ2v) is 6.61. The maximum absolute atomic E-state index is 12.8. The van der Waals surface area contributed by atoms with Crippen molar-refractivity contribution in [1.82, 2.24) is 4.98 Å². The van der Waals surface area contributed by atoms with Crippen LogP contribution in [0, 0.1) is 19.8 Å². The van der Waals surface area contributed by atoms with E-state index >= 15 is 0 Å². The van der Waals surface area contributed by atoms with Gasteiger partial charge in [0.05, 0.1) is 18.8 Å². The summed E-state index contributed by atoms with van der Waals surface area (Å²) in [5.74, 6) is 0.926. The number of aryl methyl sites for hydroxylation is 1. The van der Waals surface area contributed by atoms with Crippen molar-refractivity contribution in [1.29, 1.82) is 0 Å². The highest BCUT2D eigenvalue weighted by molar-refractivity contribution is 6.04. The smallest absolute Gasteiger partial charge is 0.235 e. The summed E-state index contributed by atoms with van der Waals surface area (Å²) in [6, 6.07) is -0.0472. The molecule has 0 amide bonds. The predicted octanol–water partition coefficient (Wildman–Crippen LogP) is 1.72. The van der Waals surface area contributed by atoms with Gasteiger partial charge < -0.3 is 9.88 Å². The average Bonchev–Trinajstić information content (AvgIpc) is 2.73. The Morgan fingerprint density at radius 1 is 1.24 bits per heavy atom. The Morgan fingerprint density at radius 2 is 1.81 bits per heavy atom. The standard InChI is InChI=1S/C17H26N2O2/c1-10-6-8-19(9-7-10)13(4)17(21)16-11(2)15(14(5)20)12(3)18-16/h10,13,18H,6-9H2,1-5H3/p+1/t13-/m0/s1. The minimum atomic E-state index is -0.0472. The molecule has 2 N–H and O–H groups in total. The van der Waals surface area contributed by atoms with Crippen LogP contribution in [0.3, 0.4) is 0 Å². The molecular weight excluding hydrogens is 264 g/mol. The summed E-state index contributed by atoms with van der Waals surface area (Å²) in [5.41, 5.74) is 2.91. The number of quaternary nitrogens is 1. The van der Waals surface area contributed by atoms with Gasteiger partial charge in [0, 0.05) is 11.3 Å². The van der Waals surface area contributed by atoms with E-state index in [1.54, 1.807) is 6.92 Å². The van der Waals surface area contributed by atoms with E-state index in [0.717, 1.165) is 30.3 Å². The lowest BCUT2D eigenvalue weighted by Gasteiger charge is -2.31. The maximum Gasteiger partial charge on any atom is 0.235 e. The number of nitrogens with one attached hydrogen (secondary N) is 2. The normalized spacial score (nSPS) is 23.9. The Balaban J connectivity index is 2.20. The molecule has 116 valence electrons. The van der Waals surface area contributed by atoms with E-state index in [0.29, 0.717) is 11.3 Å². The van der Waals surface area contributed by atoms with Gasteiger partial charge in [-0.15, -0.1) is 0 Å². The summed E-state index contributed by atoms with van der Waals surface area (Å²) in [7, 11) is 0. The molecule has 0 spiro atoms. The van der Waals surface area contributed by atoms with Crippen LogP contribution in [0.4, 0.5) is 0 Å². The summed E-state index contributed by atoms with van der Waals surface area (Å²) < 4.78 is 0. The minimum Gasteiger partial charge on any atom is -0.355 e. The molecule has 0 bridgehead atoms. The maximum atomic E-state index is 12.8. The number of piperidine rings is 1. The Kier molecular flexibility index (Phi) is 4.67. The van der Waals surface area contributed by atoms with E-state index in [1.807, 2.05) is 20.8 Å². The third kappa shape index (κ3) is 3.10. The monoisotopic (exact) mass is 291 g/mol. The number of H-pyrrole nitrogens is 1. The van der Waals surface area contributed by atoms with Crippen LogP contribution in [-0.4, -0.2) is 35.7 Å². The van der Waals surface area contributed by atoms with E-state index in [-0.39, 0.29) is 17.6 Å². The molecule has 1 aromatic heterocycles. The number of aromatic nitrogens is 1. The highest BCUT2D eigenvalue weighted by Gasteiger charge is 2.32. The summed E-state index contributed by atoms with van der Waals surface area (Å²) in [6.45, 7) is 11.7. The van der Waals surface area contributed by atoms with Gasteiger partial charge in [0.25, 0.3) is 0 Å². The van der Waals surface area contributed by atoms with Crippen LogP contribution in [0.5, 0.6) is 0 Å². The number of hydrogen-bond acceptors (Lipinski definition) is 2. The van der Waals surface area contributed by atoms with Crippen LogP contribution in [0.2, 0.25) is 0 Å². The zero-order chi connectivity index (χ0) is 15.7. The SMILES string of the molecule is CC(=O)c1c(C)[nH]c(C(=O)[C@H](C)[NH+]2CCC(C)CC2)c1C. The number of Topliss-reactive ketones (excluding diaryl/α,β-unsaturated/α-hetero) is 2.